The van der Waals surface area contributed by atoms with Crippen LogP contribution < -0.4 is 15.4 Å². The van der Waals surface area contributed by atoms with E-state index >= 15 is 0 Å². The number of hydrogen-bond donors (Lipinski definition) is 3. The van der Waals surface area contributed by atoms with E-state index in [1.807, 2.05) is 24.3 Å². The molecule has 1 heterocycles. The Bertz CT molecular complexity index is 883. The van der Waals surface area contributed by atoms with Crippen molar-refractivity contribution in [1.82, 2.24) is 10.3 Å². The van der Waals surface area contributed by atoms with Gasteiger partial charge in [-0.25, -0.2) is 9.78 Å². The molecular formula is C19H16BrN3O3. The van der Waals surface area contributed by atoms with Crippen LogP contribution in [-0.4, -0.2) is 16.1 Å². The first kappa shape index (κ1) is 17.8. The third-order valence-corrected chi connectivity index (χ3v) is 3.90. The number of aromatic hydroxyl groups is 1. The summed E-state index contributed by atoms with van der Waals surface area (Å²) in [5.41, 5.74) is 1.43. The topological polar surface area (TPSA) is 83.5 Å². The van der Waals surface area contributed by atoms with Crippen molar-refractivity contribution in [3.05, 3.63) is 76.9 Å². The summed E-state index contributed by atoms with van der Waals surface area (Å²) < 4.78 is 6.56. The van der Waals surface area contributed by atoms with E-state index in [4.69, 9.17) is 4.74 Å². The van der Waals surface area contributed by atoms with Crippen molar-refractivity contribution < 1.29 is 14.6 Å². The number of nitrogens with zero attached hydrogens (tertiary/aromatic N) is 1. The van der Waals surface area contributed by atoms with Crippen LogP contribution in [0.3, 0.4) is 0 Å². The molecule has 132 valence electrons. The van der Waals surface area contributed by atoms with E-state index < -0.39 is 0 Å². The van der Waals surface area contributed by atoms with Gasteiger partial charge in [0.2, 0.25) is 5.88 Å². The molecule has 3 aromatic rings. The molecule has 3 rings (SSSR count). The van der Waals surface area contributed by atoms with Gasteiger partial charge in [0.1, 0.15) is 11.5 Å². The van der Waals surface area contributed by atoms with Crippen molar-refractivity contribution in [1.29, 1.82) is 0 Å². The van der Waals surface area contributed by atoms with Crippen LogP contribution in [0, 0.1) is 0 Å². The maximum Gasteiger partial charge on any atom is 0.319 e. The van der Waals surface area contributed by atoms with Gasteiger partial charge < -0.3 is 20.5 Å². The Morgan fingerprint density at radius 1 is 1.12 bits per heavy atom. The Morgan fingerprint density at radius 2 is 1.92 bits per heavy atom. The van der Waals surface area contributed by atoms with E-state index in [0.29, 0.717) is 23.9 Å². The lowest BCUT2D eigenvalue weighted by molar-refractivity contribution is 0.251. The lowest BCUT2D eigenvalue weighted by Crippen LogP contribution is -2.28. The predicted molar refractivity (Wildman–Crippen MR) is 102 cm³/mol. The van der Waals surface area contributed by atoms with Crippen LogP contribution in [0.4, 0.5) is 10.5 Å². The van der Waals surface area contributed by atoms with Crippen molar-refractivity contribution in [2.45, 2.75) is 6.54 Å². The number of carbonyl (C=O) groups excluding carboxylic acids is 1. The maximum atomic E-state index is 11.9. The molecule has 0 radical (unpaired) electrons. The average molecular weight is 414 g/mol. The molecule has 0 fully saturated rings. The highest BCUT2D eigenvalue weighted by Gasteiger charge is 2.04. The number of anilines is 1. The van der Waals surface area contributed by atoms with Crippen molar-refractivity contribution in [2.75, 3.05) is 5.32 Å². The summed E-state index contributed by atoms with van der Waals surface area (Å²) >= 11 is 3.38. The third kappa shape index (κ3) is 5.22. The number of halogens is 1. The summed E-state index contributed by atoms with van der Waals surface area (Å²) in [4.78, 5) is 16.1. The number of aromatic nitrogens is 1. The van der Waals surface area contributed by atoms with Gasteiger partial charge in [-0.2, -0.15) is 0 Å². The van der Waals surface area contributed by atoms with Gasteiger partial charge in [0.05, 0.1) is 11.9 Å². The molecular weight excluding hydrogens is 398 g/mol. The van der Waals surface area contributed by atoms with E-state index in [0.717, 1.165) is 10.0 Å². The number of nitrogens with one attached hydrogen (secondary N) is 2. The van der Waals surface area contributed by atoms with Crippen LogP contribution in [0.2, 0.25) is 0 Å². The fourth-order valence-electron chi connectivity index (χ4n) is 2.14. The first-order valence-corrected chi connectivity index (χ1v) is 8.60. The summed E-state index contributed by atoms with van der Waals surface area (Å²) in [7, 11) is 0. The predicted octanol–water partition coefficient (Wildman–Crippen LogP) is 4.66. The van der Waals surface area contributed by atoms with Gasteiger partial charge in [-0.15, -0.1) is 0 Å². The number of ether oxygens (including phenoxy) is 1. The van der Waals surface area contributed by atoms with Crippen LogP contribution >= 0.6 is 15.9 Å². The van der Waals surface area contributed by atoms with Crippen molar-refractivity contribution >= 4 is 27.6 Å². The molecule has 0 unspecified atom stereocenters. The summed E-state index contributed by atoms with van der Waals surface area (Å²) in [6.45, 7) is 0.351. The molecule has 0 atom stereocenters. The minimum absolute atomic E-state index is 0.189. The second kappa shape index (κ2) is 8.35. The SMILES string of the molecule is O=C(NCc1ccc(O)cc1)Nc1ccc(Oc2cccc(Br)c2)nc1. The molecule has 7 heteroatoms. The first-order chi connectivity index (χ1) is 12.6. The number of carbonyl (C=O) groups is 1. The fraction of sp³-hybridized carbons (Fsp3) is 0.0526. The zero-order valence-electron chi connectivity index (χ0n) is 13.6. The van der Waals surface area contributed by atoms with E-state index in [1.54, 1.807) is 36.4 Å². The van der Waals surface area contributed by atoms with Crippen LogP contribution in [0.1, 0.15) is 5.56 Å². The summed E-state index contributed by atoms with van der Waals surface area (Å²) in [6.07, 6.45) is 1.52. The number of amides is 2. The molecule has 26 heavy (non-hydrogen) atoms. The standard InChI is InChI=1S/C19H16BrN3O3/c20-14-2-1-3-17(10-14)26-18-9-6-15(12-21-18)23-19(25)22-11-13-4-7-16(24)8-5-13/h1-10,12,24H,11H2,(H2,22,23,25). The van der Waals surface area contributed by atoms with Crippen LogP contribution in [-0.2, 0) is 6.54 Å². The van der Waals surface area contributed by atoms with E-state index in [9.17, 15) is 9.90 Å². The lowest BCUT2D eigenvalue weighted by Gasteiger charge is -2.09. The molecule has 0 saturated carbocycles. The van der Waals surface area contributed by atoms with Crippen molar-refractivity contribution in [2.24, 2.45) is 0 Å². The number of phenols is 1. The second-order valence-electron chi connectivity index (χ2n) is 5.42. The highest BCUT2D eigenvalue weighted by atomic mass is 79.9. The second-order valence-corrected chi connectivity index (χ2v) is 6.33. The smallest absolute Gasteiger partial charge is 0.319 e. The summed E-state index contributed by atoms with van der Waals surface area (Å²) in [5, 5.41) is 14.7. The van der Waals surface area contributed by atoms with Crippen molar-refractivity contribution in [3.63, 3.8) is 0 Å². The Kier molecular flexibility index (Phi) is 5.70. The Hall–Kier alpha value is -3.06. The van der Waals surface area contributed by atoms with Gasteiger partial charge in [-0.05, 0) is 42.0 Å². The number of hydrogen-bond acceptors (Lipinski definition) is 4. The lowest BCUT2D eigenvalue weighted by atomic mass is 10.2. The maximum absolute atomic E-state index is 11.9. The zero-order chi connectivity index (χ0) is 18.4. The molecule has 0 spiro atoms. The molecule has 1 aromatic heterocycles. The van der Waals surface area contributed by atoms with Gasteiger partial charge in [-0.3, -0.25) is 0 Å². The quantitative estimate of drug-likeness (QED) is 0.567. The Morgan fingerprint density at radius 3 is 2.62 bits per heavy atom. The van der Waals surface area contributed by atoms with E-state index in [2.05, 4.69) is 31.5 Å². The number of pyridine rings is 1. The normalized spacial score (nSPS) is 10.2. The van der Waals surface area contributed by atoms with Crippen molar-refractivity contribution in [3.8, 4) is 17.4 Å². The number of phenolic OH excluding ortho intramolecular Hbond substituents is 1. The first-order valence-electron chi connectivity index (χ1n) is 7.81. The van der Waals surface area contributed by atoms with Gasteiger partial charge >= 0.3 is 6.03 Å². The van der Waals surface area contributed by atoms with Crippen LogP contribution in [0.25, 0.3) is 0 Å². The highest BCUT2D eigenvalue weighted by molar-refractivity contribution is 9.10. The highest BCUT2D eigenvalue weighted by Crippen LogP contribution is 2.23. The molecule has 6 nitrogen and oxygen atoms in total. The number of urea groups is 1. The molecule has 0 aliphatic rings. The van der Waals surface area contributed by atoms with Gasteiger partial charge in [0.15, 0.2) is 0 Å². The van der Waals surface area contributed by atoms with Gasteiger partial charge in [0.25, 0.3) is 0 Å². The summed E-state index contributed by atoms with van der Waals surface area (Å²) in [5.74, 6) is 1.28. The van der Waals surface area contributed by atoms with Crippen LogP contribution in [0.5, 0.6) is 17.4 Å². The Balaban J connectivity index is 1.51. The molecule has 0 bridgehead atoms. The third-order valence-electron chi connectivity index (χ3n) is 3.40. The van der Waals surface area contributed by atoms with Gasteiger partial charge in [-0.1, -0.05) is 34.1 Å². The number of benzene rings is 2. The minimum atomic E-state index is -0.347. The molecule has 0 saturated heterocycles. The summed E-state index contributed by atoms with van der Waals surface area (Å²) in [6, 6.07) is 17.1. The average Bonchev–Trinajstić information content (AvgIpc) is 2.63. The van der Waals surface area contributed by atoms with Gasteiger partial charge in [0, 0.05) is 17.1 Å². The van der Waals surface area contributed by atoms with Crippen LogP contribution in [0.15, 0.2) is 71.3 Å². The molecule has 2 amide bonds. The number of rotatable bonds is 5. The van der Waals surface area contributed by atoms with E-state index in [1.165, 1.54) is 6.20 Å². The monoisotopic (exact) mass is 413 g/mol. The Labute approximate surface area is 159 Å². The molecule has 0 aliphatic heterocycles. The minimum Gasteiger partial charge on any atom is -0.508 e. The van der Waals surface area contributed by atoms with E-state index in [-0.39, 0.29) is 11.8 Å². The molecule has 3 N–H and O–H groups in total. The fourth-order valence-corrected chi connectivity index (χ4v) is 2.52. The largest absolute Gasteiger partial charge is 0.508 e. The molecule has 0 aliphatic carbocycles. The molecule has 2 aromatic carbocycles. The zero-order valence-corrected chi connectivity index (χ0v) is 15.2.